The number of rotatable bonds is 2. The lowest BCUT2D eigenvalue weighted by molar-refractivity contribution is 0.246. The Morgan fingerprint density at radius 3 is 1.55 bits per heavy atom. The number of likely N-dealkylation sites (tertiary alicyclic amines) is 1. The Balaban J connectivity index is 1.85. The smallest absolute Gasteiger partial charge is 0.0395 e. The zero-order valence-electron chi connectivity index (χ0n) is 13.3. The maximum absolute atomic E-state index is 7.97. The molecule has 1 aliphatic heterocycles. The first kappa shape index (κ1) is 12.2. The van der Waals surface area contributed by atoms with Crippen molar-refractivity contribution in [1.82, 2.24) is 4.90 Å². The molecule has 0 aliphatic carbocycles. The van der Waals surface area contributed by atoms with Gasteiger partial charge in [0, 0.05) is 13.5 Å². The van der Waals surface area contributed by atoms with Crippen LogP contribution in [0.4, 0.5) is 0 Å². The van der Waals surface area contributed by atoms with E-state index in [0.717, 1.165) is 12.8 Å². The molecule has 104 valence electrons. The second-order valence-corrected chi connectivity index (χ2v) is 5.94. The molecule has 1 saturated heterocycles. The average Bonchev–Trinajstić information content (AvgIpc) is 2.92. The predicted molar refractivity (Wildman–Crippen MR) is 84.8 cm³/mol. The Labute approximate surface area is 123 Å². The molecule has 0 N–H and O–H groups in total. The van der Waals surface area contributed by atoms with Gasteiger partial charge in [-0.25, -0.2) is 0 Å². The van der Waals surface area contributed by atoms with Crippen molar-refractivity contribution >= 4 is 0 Å². The normalized spacial score (nSPS) is 23.8. The molecular weight excluding hydrogens is 242 g/mol. The van der Waals surface area contributed by atoms with Crippen LogP contribution in [0.3, 0.4) is 0 Å². The highest BCUT2D eigenvalue weighted by molar-refractivity contribution is 5.29. The van der Waals surface area contributed by atoms with Crippen LogP contribution < -0.4 is 0 Å². The van der Waals surface area contributed by atoms with Gasteiger partial charge in [-0.05, 0) is 44.8 Å². The van der Waals surface area contributed by atoms with Gasteiger partial charge in [0.1, 0.15) is 0 Å². The van der Waals surface area contributed by atoms with Crippen molar-refractivity contribution in [3.05, 3.63) is 70.8 Å². The summed E-state index contributed by atoms with van der Waals surface area (Å²) in [6, 6.07) is 18.4. The fourth-order valence-corrected chi connectivity index (χ4v) is 3.16. The molecule has 0 aromatic heterocycles. The summed E-state index contributed by atoms with van der Waals surface area (Å²) in [5.41, 5.74) is 5.29. The second kappa shape index (κ2) is 5.41. The van der Waals surface area contributed by atoms with E-state index in [1.54, 1.807) is 0 Å². The number of hydrogen-bond donors (Lipinski definition) is 0. The summed E-state index contributed by atoms with van der Waals surface area (Å²) in [6.45, 7) is 4.24. The summed E-state index contributed by atoms with van der Waals surface area (Å²) >= 11 is 0. The summed E-state index contributed by atoms with van der Waals surface area (Å²) in [7, 11) is 0.358. The third-order valence-corrected chi connectivity index (χ3v) is 4.44. The number of benzene rings is 2. The molecule has 2 unspecified atom stereocenters. The molecule has 2 aromatic carbocycles. The lowest BCUT2D eigenvalue weighted by Gasteiger charge is -2.26. The standard InChI is InChI=1S/C19H23N/c1-14-4-8-16(9-5-14)18-12-13-19(20(18)3)17-10-6-15(2)7-11-17/h4-11,18-19H,12-13H2,1-3H3/i3D. The van der Waals surface area contributed by atoms with Gasteiger partial charge >= 0.3 is 0 Å². The van der Waals surface area contributed by atoms with E-state index in [1.165, 1.54) is 22.3 Å². The van der Waals surface area contributed by atoms with Gasteiger partial charge in [-0.2, -0.15) is 0 Å². The molecule has 2 aromatic rings. The molecule has 1 heteroatoms. The Bertz CT molecular complexity index is 534. The van der Waals surface area contributed by atoms with Gasteiger partial charge in [0.15, 0.2) is 0 Å². The molecule has 3 rings (SSSR count). The Kier molecular flexibility index (Phi) is 3.29. The van der Waals surface area contributed by atoms with Crippen LogP contribution in [-0.2, 0) is 0 Å². The lowest BCUT2D eigenvalue weighted by Crippen LogP contribution is -2.21. The fraction of sp³-hybridized carbons (Fsp3) is 0.368. The van der Waals surface area contributed by atoms with Crippen molar-refractivity contribution in [1.29, 1.82) is 0 Å². The Hall–Kier alpha value is -1.60. The Morgan fingerprint density at radius 1 is 0.800 bits per heavy atom. The van der Waals surface area contributed by atoms with Gasteiger partial charge in [-0.1, -0.05) is 59.7 Å². The first-order chi connectivity index (χ1) is 10.2. The largest absolute Gasteiger partial charge is 0.292 e. The van der Waals surface area contributed by atoms with E-state index in [4.69, 9.17) is 1.37 Å². The van der Waals surface area contributed by atoms with Gasteiger partial charge in [0.25, 0.3) is 0 Å². The summed E-state index contributed by atoms with van der Waals surface area (Å²) in [4.78, 5) is 2.33. The molecule has 20 heavy (non-hydrogen) atoms. The number of aryl methyl sites for hydroxylation is 2. The van der Waals surface area contributed by atoms with Crippen LogP contribution in [0.15, 0.2) is 48.5 Å². The first-order valence-corrected chi connectivity index (χ1v) is 7.37. The third kappa shape index (κ3) is 2.51. The lowest BCUT2D eigenvalue weighted by atomic mass is 10.0. The van der Waals surface area contributed by atoms with E-state index in [2.05, 4.69) is 67.3 Å². The van der Waals surface area contributed by atoms with E-state index in [0.29, 0.717) is 19.1 Å². The minimum absolute atomic E-state index is 0.358. The van der Waals surface area contributed by atoms with E-state index >= 15 is 0 Å². The molecule has 0 bridgehead atoms. The van der Waals surface area contributed by atoms with Crippen LogP contribution in [0.25, 0.3) is 0 Å². The summed E-state index contributed by atoms with van der Waals surface area (Å²) in [5, 5.41) is 0. The SMILES string of the molecule is [2H]CN1C(c2ccc(C)cc2)CCC1c1ccc(C)cc1. The Morgan fingerprint density at radius 2 is 1.20 bits per heavy atom. The van der Waals surface area contributed by atoms with Gasteiger partial charge in [-0.3, -0.25) is 4.90 Å². The summed E-state index contributed by atoms with van der Waals surface area (Å²) in [5.74, 6) is 0. The van der Waals surface area contributed by atoms with Crippen molar-refractivity contribution in [2.24, 2.45) is 0 Å². The first-order valence-electron chi connectivity index (χ1n) is 8.08. The molecule has 0 spiro atoms. The summed E-state index contributed by atoms with van der Waals surface area (Å²) in [6.07, 6.45) is 2.28. The number of nitrogens with zero attached hydrogens (tertiary/aromatic N) is 1. The zero-order valence-corrected chi connectivity index (χ0v) is 12.3. The van der Waals surface area contributed by atoms with E-state index in [-0.39, 0.29) is 0 Å². The fourth-order valence-electron chi connectivity index (χ4n) is 3.16. The minimum atomic E-state index is 0.358. The van der Waals surface area contributed by atoms with Gasteiger partial charge in [0.05, 0.1) is 0 Å². The van der Waals surface area contributed by atoms with Crippen LogP contribution in [-0.4, -0.2) is 11.9 Å². The van der Waals surface area contributed by atoms with Crippen molar-refractivity contribution in [3.8, 4) is 0 Å². The topological polar surface area (TPSA) is 3.24 Å². The average molecular weight is 266 g/mol. The van der Waals surface area contributed by atoms with Crippen molar-refractivity contribution in [2.45, 2.75) is 38.8 Å². The number of hydrogen-bond acceptors (Lipinski definition) is 1. The monoisotopic (exact) mass is 266 g/mol. The van der Waals surface area contributed by atoms with E-state index in [9.17, 15) is 0 Å². The molecule has 0 saturated carbocycles. The highest BCUT2D eigenvalue weighted by Gasteiger charge is 2.32. The molecular formula is C19H23N. The maximum atomic E-state index is 7.97. The van der Waals surface area contributed by atoms with Crippen molar-refractivity contribution in [2.75, 3.05) is 7.02 Å². The molecule has 1 nitrogen and oxygen atoms in total. The van der Waals surface area contributed by atoms with Crippen LogP contribution in [0.5, 0.6) is 0 Å². The van der Waals surface area contributed by atoms with Crippen molar-refractivity contribution < 1.29 is 1.37 Å². The van der Waals surface area contributed by atoms with E-state index < -0.39 is 0 Å². The zero-order chi connectivity index (χ0) is 14.8. The van der Waals surface area contributed by atoms with Crippen LogP contribution in [0, 0.1) is 13.8 Å². The van der Waals surface area contributed by atoms with Crippen LogP contribution in [0.1, 0.15) is 48.5 Å². The van der Waals surface area contributed by atoms with Crippen LogP contribution >= 0.6 is 0 Å². The second-order valence-electron chi connectivity index (χ2n) is 5.94. The molecule has 2 atom stereocenters. The third-order valence-electron chi connectivity index (χ3n) is 4.44. The van der Waals surface area contributed by atoms with Gasteiger partial charge < -0.3 is 0 Å². The van der Waals surface area contributed by atoms with Gasteiger partial charge in [0.2, 0.25) is 0 Å². The summed E-state index contributed by atoms with van der Waals surface area (Å²) < 4.78 is 7.97. The van der Waals surface area contributed by atoms with Crippen LogP contribution in [0.2, 0.25) is 0 Å². The highest BCUT2D eigenvalue weighted by Crippen LogP contribution is 2.42. The maximum Gasteiger partial charge on any atom is 0.0395 e. The predicted octanol–water partition coefficient (Wildman–Crippen LogP) is 4.81. The van der Waals surface area contributed by atoms with E-state index in [1.807, 2.05) is 0 Å². The quantitative estimate of drug-likeness (QED) is 0.754. The highest BCUT2D eigenvalue weighted by atomic mass is 15.2. The molecule has 1 heterocycles. The minimum Gasteiger partial charge on any atom is -0.292 e. The molecule has 1 fully saturated rings. The van der Waals surface area contributed by atoms with Gasteiger partial charge in [-0.15, -0.1) is 0 Å². The van der Waals surface area contributed by atoms with Crippen molar-refractivity contribution in [3.63, 3.8) is 0 Å². The molecule has 1 aliphatic rings. The molecule has 0 amide bonds. The molecule has 0 radical (unpaired) electrons.